The summed E-state index contributed by atoms with van der Waals surface area (Å²) in [6, 6.07) is 5.19. The molecule has 1 unspecified atom stereocenters. The quantitative estimate of drug-likeness (QED) is 0.811. The van der Waals surface area contributed by atoms with E-state index in [-0.39, 0.29) is 5.91 Å². The van der Waals surface area contributed by atoms with Crippen LogP contribution in [-0.4, -0.2) is 54.5 Å². The number of amides is 1. The third kappa shape index (κ3) is 4.31. The zero-order chi connectivity index (χ0) is 16.4. The number of benzene rings is 1. The van der Waals surface area contributed by atoms with E-state index in [1.165, 1.54) is 19.4 Å². The number of carbonyl (C=O) groups is 1. The van der Waals surface area contributed by atoms with E-state index in [1.54, 1.807) is 25.1 Å². The summed E-state index contributed by atoms with van der Waals surface area (Å²) in [5.74, 6) is 1.35. The molecule has 4 nitrogen and oxygen atoms in total. The summed E-state index contributed by atoms with van der Waals surface area (Å²) < 4.78 is 5.72. The van der Waals surface area contributed by atoms with Gasteiger partial charge in [0.25, 0.3) is 5.91 Å². The molecule has 0 N–H and O–H groups in total. The second kappa shape index (κ2) is 7.29. The van der Waals surface area contributed by atoms with Crippen molar-refractivity contribution in [2.45, 2.75) is 25.9 Å². The highest BCUT2D eigenvalue weighted by molar-refractivity contribution is 6.42. The number of ether oxygens (including phenoxy) is 1. The van der Waals surface area contributed by atoms with Crippen molar-refractivity contribution in [3.05, 3.63) is 28.2 Å². The third-order valence-corrected chi connectivity index (χ3v) is 5.27. The van der Waals surface area contributed by atoms with Crippen molar-refractivity contribution in [1.82, 2.24) is 9.80 Å². The molecule has 1 saturated carbocycles. The third-order valence-electron chi connectivity index (χ3n) is 4.46. The Morgan fingerprint density at radius 1 is 1.26 bits per heavy atom. The van der Waals surface area contributed by atoms with E-state index in [1.807, 2.05) is 4.90 Å². The summed E-state index contributed by atoms with van der Waals surface area (Å²) in [6.45, 7) is 6.38. The maximum Gasteiger partial charge on any atom is 0.263 e. The van der Waals surface area contributed by atoms with Crippen LogP contribution in [0.5, 0.6) is 5.75 Å². The molecule has 1 amide bonds. The molecule has 2 aliphatic rings. The molecule has 0 spiro atoms. The van der Waals surface area contributed by atoms with Crippen molar-refractivity contribution in [2.24, 2.45) is 5.92 Å². The van der Waals surface area contributed by atoms with Crippen LogP contribution in [-0.2, 0) is 4.79 Å². The molecule has 1 heterocycles. The predicted molar refractivity (Wildman–Crippen MR) is 92.3 cm³/mol. The van der Waals surface area contributed by atoms with Gasteiger partial charge in [-0.05, 0) is 37.8 Å². The lowest BCUT2D eigenvalue weighted by Gasteiger charge is -2.36. The number of piperazine rings is 1. The highest BCUT2D eigenvalue weighted by Crippen LogP contribution is 2.32. The van der Waals surface area contributed by atoms with Crippen LogP contribution in [0.15, 0.2) is 18.2 Å². The summed E-state index contributed by atoms with van der Waals surface area (Å²) in [5.41, 5.74) is 0. The van der Waals surface area contributed by atoms with E-state index in [4.69, 9.17) is 27.9 Å². The zero-order valence-corrected chi connectivity index (χ0v) is 14.8. The van der Waals surface area contributed by atoms with Crippen LogP contribution in [0, 0.1) is 5.92 Å². The molecule has 1 saturated heterocycles. The molecule has 1 aliphatic carbocycles. The van der Waals surface area contributed by atoms with Crippen molar-refractivity contribution in [2.75, 3.05) is 32.7 Å². The van der Waals surface area contributed by atoms with Crippen LogP contribution in [0.1, 0.15) is 19.8 Å². The molecule has 0 aromatic heterocycles. The van der Waals surface area contributed by atoms with E-state index < -0.39 is 6.10 Å². The van der Waals surface area contributed by atoms with Crippen molar-refractivity contribution < 1.29 is 9.53 Å². The first-order valence-electron chi connectivity index (χ1n) is 8.16. The minimum absolute atomic E-state index is 0.00659. The highest BCUT2D eigenvalue weighted by Gasteiger charge is 2.29. The molecule has 0 radical (unpaired) electrons. The van der Waals surface area contributed by atoms with Crippen LogP contribution in [0.3, 0.4) is 0 Å². The molecule has 6 heteroatoms. The number of carbonyl (C=O) groups excluding carboxylic acids is 1. The molecule has 1 aromatic carbocycles. The number of rotatable bonds is 5. The molecule has 126 valence electrons. The fourth-order valence-electron chi connectivity index (χ4n) is 2.89. The lowest BCUT2D eigenvalue weighted by atomic mass is 10.2. The molecule has 1 aromatic rings. The summed E-state index contributed by atoms with van der Waals surface area (Å²) in [6.07, 6.45) is 2.16. The maximum absolute atomic E-state index is 12.5. The SMILES string of the molecule is CC(Oc1cccc(Cl)c1Cl)C(=O)N1CCN(CC2CC2)CC1. The first kappa shape index (κ1) is 16.9. The first-order valence-corrected chi connectivity index (χ1v) is 8.92. The van der Waals surface area contributed by atoms with E-state index in [0.29, 0.717) is 15.8 Å². The van der Waals surface area contributed by atoms with E-state index >= 15 is 0 Å². The van der Waals surface area contributed by atoms with E-state index in [2.05, 4.69) is 4.90 Å². The Bertz CT molecular complexity index is 570. The van der Waals surface area contributed by atoms with Gasteiger partial charge in [0, 0.05) is 32.7 Å². The number of halogens is 2. The van der Waals surface area contributed by atoms with Gasteiger partial charge in [-0.15, -0.1) is 0 Å². The first-order chi connectivity index (χ1) is 11.0. The Balaban J connectivity index is 1.52. The van der Waals surface area contributed by atoms with Crippen molar-refractivity contribution in [3.8, 4) is 5.75 Å². The Kier molecular flexibility index (Phi) is 5.34. The molecule has 1 aliphatic heterocycles. The molecule has 3 rings (SSSR count). The van der Waals surface area contributed by atoms with Crippen molar-refractivity contribution >= 4 is 29.1 Å². The van der Waals surface area contributed by atoms with Crippen LogP contribution < -0.4 is 4.74 Å². The standard InChI is InChI=1S/C17H22Cl2N2O2/c1-12(23-15-4-2-3-14(18)16(15)19)17(22)21-9-7-20(8-10-21)11-13-5-6-13/h2-4,12-13H,5-11H2,1H3. The molecule has 2 fully saturated rings. The number of hydrogen-bond acceptors (Lipinski definition) is 3. The zero-order valence-electron chi connectivity index (χ0n) is 13.3. The van der Waals surface area contributed by atoms with Crippen molar-refractivity contribution in [1.29, 1.82) is 0 Å². The van der Waals surface area contributed by atoms with Crippen LogP contribution in [0.4, 0.5) is 0 Å². The van der Waals surface area contributed by atoms with Gasteiger partial charge in [0.05, 0.1) is 5.02 Å². The normalized spacial score (nSPS) is 20.4. The lowest BCUT2D eigenvalue weighted by Crippen LogP contribution is -2.52. The Hall–Kier alpha value is -0.970. The Morgan fingerprint density at radius 3 is 2.61 bits per heavy atom. The average molecular weight is 357 g/mol. The minimum Gasteiger partial charge on any atom is -0.479 e. The summed E-state index contributed by atoms with van der Waals surface area (Å²) >= 11 is 12.1. The highest BCUT2D eigenvalue weighted by atomic mass is 35.5. The predicted octanol–water partition coefficient (Wildman–Crippen LogP) is 3.31. The largest absolute Gasteiger partial charge is 0.479 e. The topological polar surface area (TPSA) is 32.8 Å². The average Bonchev–Trinajstić information content (AvgIpc) is 3.36. The second-order valence-electron chi connectivity index (χ2n) is 6.38. The molecular formula is C17H22Cl2N2O2. The summed E-state index contributed by atoms with van der Waals surface area (Å²) in [5, 5.41) is 0.778. The van der Waals surface area contributed by atoms with Gasteiger partial charge in [0.1, 0.15) is 10.8 Å². The smallest absolute Gasteiger partial charge is 0.263 e. The van der Waals surface area contributed by atoms with Gasteiger partial charge in [-0.2, -0.15) is 0 Å². The second-order valence-corrected chi connectivity index (χ2v) is 7.17. The number of hydrogen-bond donors (Lipinski definition) is 0. The fraction of sp³-hybridized carbons (Fsp3) is 0.588. The van der Waals surface area contributed by atoms with Gasteiger partial charge in [-0.1, -0.05) is 29.3 Å². The van der Waals surface area contributed by atoms with Crippen molar-refractivity contribution in [3.63, 3.8) is 0 Å². The molecule has 1 atom stereocenters. The van der Waals surface area contributed by atoms with Crippen LogP contribution >= 0.6 is 23.2 Å². The summed E-state index contributed by atoms with van der Waals surface area (Å²) in [7, 11) is 0. The maximum atomic E-state index is 12.5. The van der Waals surface area contributed by atoms with Crippen LogP contribution in [0.25, 0.3) is 0 Å². The fourth-order valence-corrected chi connectivity index (χ4v) is 3.23. The van der Waals surface area contributed by atoms with Gasteiger partial charge >= 0.3 is 0 Å². The van der Waals surface area contributed by atoms with E-state index in [9.17, 15) is 4.79 Å². The van der Waals surface area contributed by atoms with Gasteiger partial charge in [-0.25, -0.2) is 0 Å². The Labute approximate surface area is 147 Å². The summed E-state index contributed by atoms with van der Waals surface area (Å²) in [4.78, 5) is 16.9. The van der Waals surface area contributed by atoms with Crippen LogP contribution in [0.2, 0.25) is 10.0 Å². The molecular weight excluding hydrogens is 335 g/mol. The Morgan fingerprint density at radius 2 is 1.96 bits per heavy atom. The molecule has 0 bridgehead atoms. The lowest BCUT2D eigenvalue weighted by molar-refractivity contribution is -0.139. The van der Waals surface area contributed by atoms with Gasteiger partial charge in [0.15, 0.2) is 6.10 Å². The minimum atomic E-state index is -0.569. The van der Waals surface area contributed by atoms with Gasteiger partial charge in [0.2, 0.25) is 0 Å². The number of nitrogens with zero attached hydrogens (tertiary/aromatic N) is 2. The monoisotopic (exact) mass is 356 g/mol. The van der Waals surface area contributed by atoms with Gasteiger partial charge < -0.3 is 9.64 Å². The van der Waals surface area contributed by atoms with Gasteiger partial charge in [-0.3, -0.25) is 9.69 Å². The van der Waals surface area contributed by atoms with E-state index in [0.717, 1.165) is 32.1 Å². The molecule has 23 heavy (non-hydrogen) atoms.